The smallest absolute Gasteiger partial charge is 0.306 e. The number of ether oxygens (including phenoxy) is 1. The van der Waals surface area contributed by atoms with E-state index in [1.165, 1.54) is 5.57 Å². The Morgan fingerprint density at radius 3 is 2.08 bits per heavy atom. The van der Waals surface area contributed by atoms with E-state index in [0.717, 1.165) is 28.8 Å². The molecule has 0 spiro atoms. The van der Waals surface area contributed by atoms with Crippen LogP contribution in [0.1, 0.15) is 32.8 Å². The summed E-state index contributed by atoms with van der Waals surface area (Å²) in [6.07, 6.45) is 2.84. The molecule has 0 aliphatic carbocycles. The summed E-state index contributed by atoms with van der Waals surface area (Å²) in [6.45, 7) is 2.27. The molecular weight excluding hydrogens is 403 g/mol. The van der Waals surface area contributed by atoms with Crippen molar-refractivity contribution >= 4 is 11.7 Å². The van der Waals surface area contributed by atoms with Crippen molar-refractivity contribution in [2.45, 2.75) is 27.2 Å². The molecule has 0 bridgehead atoms. The van der Waals surface area contributed by atoms with Crippen molar-refractivity contribution in [3.8, 4) is 16.9 Å². The van der Waals surface area contributed by atoms with Crippen molar-refractivity contribution in [3.63, 3.8) is 0 Å². The van der Waals surface area contributed by atoms with Crippen molar-refractivity contribution in [1.82, 2.24) is 0 Å². The maximum Gasteiger partial charge on any atom is 0.306 e. The van der Waals surface area contributed by atoms with Crippen molar-refractivity contribution in [3.05, 3.63) is 65.9 Å². The van der Waals surface area contributed by atoms with Gasteiger partial charge in [-0.3, -0.25) is 9.79 Å². The van der Waals surface area contributed by atoms with Crippen LogP contribution in [-0.2, 0) is 37.5 Å². The molecule has 0 atom stereocenters. The van der Waals surface area contributed by atoms with Crippen LogP contribution in [0.3, 0.4) is 0 Å². The number of hydrogen-bond donors (Lipinski definition) is 1. The van der Waals surface area contributed by atoms with Gasteiger partial charge in [-0.05, 0) is 41.3 Å². The minimum Gasteiger partial charge on any atom is -0.493 e. The summed E-state index contributed by atoms with van der Waals surface area (Å²) in [5.41, 5.74) is 5.77. The number of aliphatic carboxylic acids is 1. The predicted octanol–water partition coefficient (Wildman–Crippen LogP) is 4.94. The molecule has 0 saturated carbocycles. The average molecular weight is 426 g/mol. The first-order valence-electron chi connectivity index (χ1n) is 7.89. The number of carboxylic acid groups (broad SMARTS) is 1. The van der Waals surface area contributed by atoms with Gasteiger partial charge in [0.05, 0.1) is 18.7 Å². The van der Waals surface area contributed by atoms with Crippen LogP contribution >= 0.6 is 0 Å². The number of hydrogen-bond acceptors (Lipinski definition) is 3. The molecule has 0 saturated heterocycles. The summed E-state index contributed by atoms with van der Waals surface area (Å²) >= 11 is 0. The summed E-state index contributed by atoms with van der Waals surface area (Å²) in [5, 5.41) is 8.61. The molecule has 3 rings (SSSR count). The summed E-state index contributed by atoms with van der Waals surface area (Å²) in [4.78, 5) is 14.9. The van der Waals surface area contributed by atoms with Crippen LogP contribution in [0, 0.1) is 0 Å². The van der Waals surface area contributed by atoms with Gasteiger partial charge in [0.15, 0.2) is 0 Å². The van der Waals surface area contributed by atoms with E-state index in [1.807, 2.05) is 30.5 Å². The van der Waals surface area contributed by atoms with E-state index in [9.17, 15) is 4.79 Å². The minimum absolute atomic E-state index is 0. The van der Waals surface area contributed by atoms with Crippen LogP contribution in [-0.4, -0.2) is 23.4 Å². The van der Waals surface area contributed by atoms with E-state index in [-0.39, 0.29) is 53.2 Å². The van der Waals surface area contributed by atoms with Crippen LogP contribution in [0.25, 0.3) is 11.1 Å². The molecule has 2 aromatic rings. The van der Waals surface area contributed by atoms with Gasteiger partial charge in [0, 0.05) is 45.3 Å². The van der Waals surface area contributed by atoms with Gasteiger partial charge in [0.25, 0.3) is 0 Å². The number of carbonyl (C=O) groups is 1. The van der Waals surface area contributed by atoms with Crippen LogP contribution in [0.2, 0.25) is 0 Å². The van der Waals surface area contributed by atoms with E-state index in [0.29, 0.717) is 5.75 Å². The minimum atomic E-state index is -0.857. The second-order valence-corrected chi connectivity index (χ2v) is 5.82. The topological polar surface area (TPSA) is 58.9 Å². The molecule has 0 unspecified atom stereocenters. The van der Waals surface area contributed by atoms with E-state index >= 15 is 0 Å². The molecule has 5 heteroatoms. The Kier molecular flexibility index (Phi) is 8.90. The zero-order valence-corrected chi connectivity index (χ0v) is 16.9. The maximum absolute atomic E-state index is 10.5. The van der Waals surface area contributed by atoms with Crippen molar-refractivity contribution in [2.24, 2.45) is 4.99 Å². The van der Waals surface area contributed by atoms with Gasteiger partial charge in [0.2, 0.25) is 0 Å². The zero-order valence-electron chi connectivity index (χ0n) is 14.1. The fourth-order valence-corrected chi connectivity index (χ4v) is 2.57. The average Bonchev–Trinajstić information content (AvgIpc) is 3.02. The predicted molar refractivity (Wildman–Crippen MR) is 101 cm³/mol. The second kappa shape index (κ2) is 10.4. The Morgan fingerprint density at radius 2 is 1.58 bits per heavy atom. The van der Waals surface area contributed by atoms with Crippen LogP contribution in [0.5, 0.6) is 5.75 Å². The van der Waals surface area contributed by atoms with Crippen LogP contribution in [0.4, 0.5) is 0 Å². The molecule has 26 heavy (non-hydrogen) atoms. The summed E-state index contributed by atoms with van der Waals surface area (Å²) in [5.74, 6) is -0.178. The third kappa shape index (κ3) is 5.89. The number of aliphatic imine (C=N–C) groups is 1. The Labute approximate surface area is 179 Å². The number of rotatable bonds is 6. The van der Waals surface area contributed by atoms with Crippen LogP contribution < -0.4 is 4.74 Å². The Bertz CT molecular complexity index is 793. The molecule has 133 valence electrons. The molecular formula is C21H23NO3Y. The number of allylic oxidation sites excluding steroid dienone is 1. The zero-order chi connectivity index (χ0) is 16.9. The van der Waals surface area contributed by atoms with E-state index in [4.69, 9.17) is 9.84 Å². The monoisotopic (exact) mass is 426 g/mol. The molecule has 1 N–H and O–H groups in total. The Hall–Kier alpha value is -1.78. The van der Waals surface area contributed by atoms with E-state index < -0.39 is 5.97 Å². The fraction of sp³-hybridized carbons (Fsp3) is 0.238. The van der Waals surface area contributed by atoms with E-state index in [2.05, 4.69) is 36.2 Å². The first-order chi connectivity index (χ1) is 11.6. The molecule has 1 heterocycles. The first-order valence-corrected chi connectivity index (χ1v) is 7.89. The largest absolute Gasteiger partial charge is 0.493 e. The molecule has 1 aliphatic heterocycles. The van der Waals surface area contributed by atoms with E-state index in [1.54, 1.807) is 0 Å². The maximum atomic E-state index is 10.5. The fourth-order valence-electron chi connectivity index (χ4n) is 2.57. The molecule has 1 aliphatic rings. The quantitative estimate of drug-likeness (QED) is 0.712. The molecule has 1 radical (unpaired) electrons. The number of benzene rings is 2. The van der Waals surface area contributed by atoms with Gasteiger partial charge in [0.1, 0.15) is 5.75 Å². The summed E-state index contributed by atoms with van der Waals surface area (Å²) in [6, 6.07) is 16.0. The van der Waals surface area contributed by atoms with Gasteiger partial charge in [-0.2, -0.15) is 0 Å². The second-order valence-electron chi connectivity index (χ2n) is 5.82. The third-order valence-electron chi connectivity index (χ3n) is 3.88. The third-order valence-corrected chi connectivity index (χ3v) is 3.88. The Morgan fingerprint density at radius 1 is 1.04 bits per heavy atom. The molecule has 2 aromatic carbocycles. The molecule has 4 nitrogen and oxygen atoms in total. The number of carboxylic acids is 1. The number of nitrogens with zero attached hydrogens (tertiary/aromatic N) is 1. The summed E-state index contributed by atoms with van der Waals surface area (Å²) < 4.78 is 5.40. The molecule has 0 fully saturated rings. The van der Waals surface area contributed by atoms with Crippen LogP contribution in [0.15, 0.2) is 65.3 Å². The normalized spacial score (nSPS) is 12.3. The van der Waals surface area contributed by atoms with Crippen molar-refractivity contribution < 1.29 is 47.3 Å². The van der Waals surface area contributed by atoms with Crippen molar-refractivity contribution in [2.75, 3.05) is 6.61 Å². The van der Waals surface area contributed by atoms with Gasteiger partial charge in [-0.15, -0.1) is 0 Å². The van der Waals surface area contributed by atoms with Gasteiger partial charge < -0.3 is 9.84 Å². The summed E-state index contributed by atoms with van der Waals surface area (Å²) in [7, 11) is 0. The van der Waals surface area contributed by atoms with Gasteiger partial charge >= 0.3 is 5.97 Å². The molecule has 0 aromatic heterocycles. The first kappa shape index (κ1) is 22.3. The standard InChI is InChI=1S/C20H19NO3.CH4.Y/c1-14-12-19(21-13-14)17-4-2-15(3-5-17)16-6-8-18(9-7-16)24-11-10-20(22)23;;/h2-9,13H,10-12H2,1H3,(H,22,23);1H4;. The van der Waals surface area contributed by atoms with Crippen molar-refractivity contribution in [1.29, 1.82) is 0 Å². The van der Waals surface area contributed by atoms with Gasteiger partial charge in [-0.1, -0.05) is 43.8 Å². The molecule has 0 amide bonds. The van der Waals surface area contributed by atoms with Gasteiger partial charge in [-0.25, -0.2) is 0 Å². The Balaban J connectivity index is 0.00000169. The SMILES string of the molecule is C.CC1=CN=C(c2ccc(-c3ccc(OCCC(=O)O)cc3)cc2)C1.[Y].